The lowest BCUT2D eigenvalue weighted by molar-refractivity contribution is -0.125. The Hall–Kier alpha value is -2.88. The summed E-state index contributed by atoms with van der Waals surface area (Å²) in [5, 5.41) is 2.58. The Bertz CT molecular complexity index is 691. The van der Waals surface area contributed by atoms with Crippen LogP contribution in [0.15, 0.2) is 60.7 Å². The van der Waals surface area contributed by atoms with Gasteiger partial charge in [0.05, 0.1) is 0 Å². The lowest BCUT2D eigenvalue weighted by atomic mass is 10.1. The van der Waals surface area contributed by atoms with E-state index in [9.17, 15) is 9.59 Å². The van der Waals surface area contributed by atoms with Crippen molar-refractivity contribution in [3.8, 4) is 0 Å². The Balaban J connectivity index is 1.95. The average molecular weight is 308 g/mol. The van der Waals surface area contributed by atoms with E-state index in [-0.39, 0.29) is 11.8 Å². The van der Waals surface area contributed by atoms with Crippen LogP contribution in [0, 0.1) is 0 Å². The number of carbonyl (C=O) groups is 2. The molecule has 2 aromatic rings. The van der Waals surface area contributed by atoms with Crippen molar-refractivity contribution in [3.05, 3.63) is 77.4 Å². The highest BCUT2D eigenvalue weighted by atomic mass is 16.2. The van der Waals surface area contributed by atoms with Crippen LogP contribution >= 0.6 is 0 Å². The first-order valence-electron chi connectivity index (χ1n) is 7.39. The molecule has 0 bridgehead atoms. The molecule has 4 nitrogen and oxygen atoms in total. The molecule has 4 heteroatoms. The minimum absolute atomic E-state index is 0.0655. The van der Waals surface area contributed by atoms with Crippen LogP contribution in [0.5, 0.6) is 0 Å². The largest absolute Gasteiger partial charge is 0.355 e. The maximum Gasteiger partial charge on any atom is 0.251 e. The number of benzene rings is 2. The molecule has 0 radical (unpaired) electrons. The summed E-state index contributed by atoms with van der Waals surface area (Å²) in [4.78, 5) is 25.2. The minimum Gasteiger partial charge on any atom is -0.355 e. The van der Waals surface area contributed by atoms with E-state index in [4.69, 9.17) is 0 Å². The maximum absolute atomic E-state index is 12.1. The summed E-state index contributed by atoms with van der Waals surface area (Å²) in [6.45, 7) is 0.492. The smallest absolute Gasteiger partial charge is 0.251 e. The summed E-state index contributed by atoms with van der Waals surface area (Å²) < 4.78 is 0. The highest BCUT2D eigenvalue weighted by Crippen LogP contribution is 2.08. The van der Waals surface area contributed by atoms with E-state index in [1.807, 2.05) is 42.5 Å². The van der Waals surface area contributed by atoms with Crippen LogP contribution in [0.3, 0.4) is 0 Å². The third kappa shape index (κ3) is 4.81. The van der Waals surface area contributed by atoms with E-state index in [0.29, 0.717) is 12.1 Å². The van der Waals surface area contributed by atoms with Crippen LogP contribution in [0.1, 0.15) is 21.5 Å². The van der Waals surface area contributed by atoms with Crippen molar-refractivity contribution < 1.29 is 9.59 Å². The Labute approximate surface area is 136 Å². The van der Waals surface area contributed by atoms with Crippen molar-refractivity contribution in [3.63, 3.8) is 0 Å². The van der Waals surface area contributed by atoms with Gasteiger partial charge in [0.25, 0.3) is 5.91 Å². The zero-order valence-electron chi connectivity index (χ0n) is 13.3. The second-order valence-electron chi connectivity index (χ2n) is 5.21. The summed E-state index contributed by atoms with van der Waals surface area (Å²) in [6, 6.07) is 16.9. The van der Waals surface area contributed by atoms with E-state index in [2.05, 4.69) is 5.32 Å². The fraction of sp³-hybridized carbons (Fsp3) is 0.158. The Morgan fingerprint density at radius 3 is 2.30 bits per heavy atom. The van der Waals surface area contributed by atoms with Crippen molar-refractivity contribution >= 4 is 17.9 Å². The Morgan fingerprint density at radius 1 is 1.04 bits per heavy atom. The van der Waals surface area contributed by atoms with Gasteiger partial charge in [0.15, 0.2) is 0 Å². The molecule has 0 saturated carbocycles. The van der Waals surface area contributed by atoms with Crippen LogP contribution in [-0.4, -0.2) is 30.8 Å². The standard InChI is InChI=1S/C19H20N2O2/c1-20-19(23)17-11-8-16(9-12-17)14-21(2)18(22)13-10-15-6-4-3-5-7-15/h3-13H,14H2,1-2H3,(H,20,23)/b13-10+. The topological polar surface area (TPSA) is 49.4 Å². The maximum atomic E-state index is 12.1. The number of nitrogens with one attached hydrogen (secondary N) is 1. The molecule has 23 heavy (non-hydrogen) atoms. The molecule has 0 aliphatic rings. The highest BCUT2D eigenvalue weighted by Gasteiger charge is 2.07. The Morgan fingerprint density at radius 2 is 1.70 bits per heavy atom. The molecule has 0 saturated heterocycles. The Kier molecular flexibility index (Phi) is 5.69. The van der Waals surface area contributed by atoms with E-state index in [1.54, 1.807) is 43.3 Å². The van der Waals surface area contributed by atoms with Crippen LogP contribution in [0.2, 0.25) is 0 Å². The number of amides is 2. The molecule has 0 spiro atoms. The van der Waals surface area contributed by atoms with Crippen molar-refractivity contribution in [2.24, 2.45) is 0 Å². The summed E-state index contributed by atoms with van der Waals surface area (Å²) in [5.74, 6) is -0.184. The predicted molar refractivity (Wildman–Crippen MR) is 91.8 cm³/mol. The van der Waals surface area contributed by atoms with E-state index in [0.717, 1.165) is 11.1 Å². The molecule has 2 aromatic carbocycles. The van der Waals surface area contributed by atoms with Crippen LogP contribution in [-0.2, 0) is 11.3 Å². The van der Waals surface area contributed by atoms with Gasteiger partial charge in [-0.2, -0.15) is 0 Å². The quantitative estimate of drug-likeness (QED) is 0.863. The number of likely N-dealkylation sites (N-methyl/N-ethyl adjacent to an activating group) is 1. The number of rotatable bonds is 5. The molecule has 2 amide bonds. The first kappa shape index (κ1) is 16.5. The van der Waals surface area contributed by atoms with E-state index in [1.165, 1.54) is 0 Å². The number of hydrogen-bond acceptors (Lipinski definition) is 2. The molecule has 0 aromatic heterocycles. The third-order valence-corrected chi connectivity index (χ3v) is 3.46. The second-order valence-corrected chi connectivity index (χ2v) is 5.21. The number of nitrogens with zero attached hydrogens (tertiary/aromatic N) is 1. The molecular formula is C19H20N2O2. The molecule has 1 N–H and O–H groups in total. The van der Waals surface area contributed by atoms with E-state index < -0.39 is 0 Å². The molecule has 2 rings (SSSR count). The second kappa shape index (κ2) is 7.94. The summed E-state index contributed by atoms with van der Waals surface area (Å²) in [5.41, 5.74) is 2.57. The van der Waals surface area contributed by atoms with Gasteiger partial charge < -0.3 is 10.2 Å². The summed E-state index contributed by atoms with van der Waals surface area (Å²) in [6.07, 6.45) is 3.36. The van der Waals surface area contributed by atoms with Gasteiger partial charge in [0, 0.05) is 32.3 Å². The van der Waals surface area contributed by atoms with Gasteiger partial charge >= 0.3 is 0 Å². The zero-order chi connectivity index (χ0) is 16.7. The molecule has 0 aliphatic carbocycles. The van der Waals surface area contributed by atoms with Crippen LogP contribution < -0.4 is 5.32 Å². The third-order valence-electron chi connectivity index (χ3n) is 3.46. The first-order valence-corrected chi connectivity index (χ1v) is 7.39. The van der Waals surface area contributed by atoms with Gasteiger partial charge in [-0.1, -0.05) is 42.5 Å². The van der Waals surface area contributed by atoms with Gasteiger partial charge in [-0.3, -0.25) is 9.59 Å². The van der Waals surface area contributed by atoms with Gasteiger partial charge in [0.2, 0.25) is 5.91 Å². The molecule has 0 heterocycles. The number of hydrogen-bond donors (Lipinski definition) is 1. The first-order chi connectivity index (χ1) is 11.1. The SMILES string of the molecule is CNC(=O)c1ccc(CN(C)C(=O)/C=C/c2ccccc2)cc1. The van der Waals surface area contributed by atoms with Crippen molar-refractivity contribution in [1.82, 2.24) is 10.2 Å². The van der Waals surface area contributed by atoms with Gasteiger partial charge in [-0.25, -0.2) is 0 Å². The summed E-state index contributed by atoms with van der Waals surface area (Å²) in [7, 11) is 3.35. The number of carbonyl (C=O) groups excluding carboxylic acids is 2. The van der Waals surface area contributed by atoms with E-state index >= 15 is 0 Å². The van der Waals surface area contributed by atoms with Crippen molar-refractivity contribution in [2.45, 2.75) is 6.54 Å². The molecule has 0 fully saturated rings. The molecule has 0 unspecified atom stereocenters. The zero-order valence-corrected chi connectivity index (χ0v) is 13.3. The summed E-state index contributed by atoms with van der Waals surface area (Å²) >= 11 is 0. The predicted octanol–water partition coefficient (Wildman–Crippen LogP) is 2.72. The fourth-order valence-electron chi connectivity index (χ4n) is 2.12. The normalized spacial score (nSPS) is 10.5. The van der Waals surface area contributed by atoms with Crippen LogP contribution in [0.25, 0.3) is 6.08 Å². The van der Waals surface area contributed by atoms with Crippen LogP contribution in [0.4, 0.5) is 0 Å². The van der Waals surface area contributed by atoms with Gasteiger partial charge in [0.1, 0.15) is 0 Å². The molecule has 0 atom stereocenters. The molecule has 118 valence electrons. The van der Waals surface area contributed by atoms with Crippen molar-refractivity contribution in [1.29, 1.82) is 0 Å². The molecular weight excluding hydrogens is 288 g/mol. The highest BCUT2D eigenvalue weighted by molar-refractivity contribution is 5.94. The fourth-order valence-corrected chi connectivity index (χ4v) is 2.12. The minimum atomic E-state index is -0.119. The van der Waals surface area contributed by atoms with Crippen molar-refractivity contribution in [2.75, 3.05) is 14.1 Å². The van der Waals surface area contributed by atoms with Gasteiger partial charge in [-0.05, 0) is 29.3 Å². The lowest BCUT2D eigenvalue weighted by Gasteiger charge is -2.15. The lowest BCUT2D eigenvalue weighted by Crippen LogP contribution is -2.24. The van der Waals surface area contributed by atoms with Gasteiger partial charge in [-0.15, -0.1) is 0 Å². The monoisotopic (exact) mass is 308 g/mol. The molecule has 0 aliphatic heterocycles. The average Bonchev–Trinajstić information content (AvgIpc) is 2.60.